The van der Waals surface area contributed by atoms with Crippen LogP contribution in [0.5, 0.6) is 11.5 Å². The van der Waals surface area contributed by atoms with Crippen molar-refractivity contribution in [1.29, 1.82) is 0 Å². The predicted molar refractivity (Wildman–Crippen MR) is 163 cm³/mol. The Morgan fingerprint density at radius 2 is 1.98 bits per heavy atom. The van der Waals surface area contributed by atoms with Gasteiger partial charge in [-0.2, -0.15) is 0 Å². The highest BCUT2D eigenvalue weighted by Gasteiger charge is 2.65. The average molecular weight is 621 g/mol. The number of carbonyl (C=O) groups is 1. The van der Waals surface area contributed by atoms with Crippen LogP contribution in [0.1, 0.15) is 56.4 Å². The fourth-order valence-corrected chi connectivity index (χ4v) is 7.28. The minimum Gasteiger partial charge on any atom is -0.508 e. The smallest absolute Gasteiger partial charge is 0.410 e. The zero-order valence-corrected chi connectivity index (χ0v) is 25.9. The summed E-state index contributed by atoms with van der Waals surface area (Å²) in [5.41, 5.74) is 2.47. The van der Waals surface area contributed by atoms with E-state index in [2.05, 4.69) is 17.8 Å². The van der Waals surface area contributed by atoms with Gasteiger partial charge in [-0.05, 0) is 61.3 Å². The zero-order valence-electron chi connectivity index (χ0n) is 25.1. The number of nitrogens with zero attached hydrogens (tertiary/aromatic N) is 2. The Kier molecular flexibility index (Phi) is 11.8. The maximum absolute atomic E-state index is 13.3. The molecule has 10 nitrogen and oxygen atoms in total. The fourth-order valence-electron chi connectivity index (χ4n) is 7.20. The molecule has 1 aliphatic heterocycles. The van der Waals surface area contributed by atoms with Crippen LogP contribution in [0.4, 0.5) is 4.79 Å². The molecule has 3 aliphatic rings. The van der Waals surface area contributed by atoms with E-state index in [-0.39, 0.29) is 62.2 Å². The Bertz CT molecular complexity index is 1180. The maximum Gasteiger partial charge on any atom is 0.410 e. The Morgan fingerprint density at radius 1 is 1.23 bits per heavy atom. The van der Waals surface area contributed by atoms with Crippen molar-refractivity contribution in [2.45, 2.75) is 62.7 Å². The van der Waals surface area contributed by atoms with Crippen molar-refractivity contribution in [3.05, 3.63) is 48.1 Å². The number of hydrogen-bond donors (Lipinski definition) is 3. The largest absolute Gasteiger partial charge is 0.508 e. The number of carbonyl (C=O) groups excluding carboxylic acids is 1. The lowest BCUT2D eigenvalue weighted by atomic mass is 9.55. The Labute approximate surface area is 258 Å². The van der Waals surface area contributed by atoms with Crippen LogP contribution < -0.4 is 4.74 Å². The third-order valence-electron chi connectivity index (χ3n) is 8.92. The molecule has 11 heteroatoms. The van der Waals surface area contributed by atoms with Crippen LogP contribution in [0.2, 0.25) is 0 Å². The number of oxime groups is 1. The number of allylic oxidation sites excluding steroid dienone is 1. The number of aliphatic hydroxyl groups excluding tert-OH is 2. The highest BCUT2D eigenvalue weighted by Crippen LogP contribution is 2.61. The fraction of sp³-hybridized carbons (Fsp3) is 0.625. The molecular formula is C32H45ClN2O8. The summed E-state index contributed by atoms with van der Waals surface area (Å²) in [6.07, 6.45) is 8.31. The molecule has 6 unspecified atom stereocenters. The van der Waals surface area contributed by atoms with Gasteiger partial charge in [0.05, 0.1) is 24.1 Å². The molecule has 1 saturated carbocycles. The number of unbranched alkanes of at least 4 members (excludes halogenated alkanes) is 2. The number of halogens is 1. The number of benzene rings is 1. The number of ether oxygens (including phenoxy) is 3. The summed E-state index contributed by atoms with van der Waals surface area (Å²) >= 11 is 5.82. The van der Waals surface area contributed by atoms with Crippen LogP contribution >= 0.6 is 11.6 Å². The molecular weight excluding hydrogens is 576 g/mol. The lowest BCUT2D eigenvalue weighted by Gasteiger charge is -2.59. The topological polar surface area (TPSA) is 130 Å². The highest BCUT2D eigenvalue weighted by atomic mass is 35.5. The predicted octanol–water partition coefficient (Wildman–Crippen LogP) is 4.96. The van der Waals surface area contributed by atoms with Crippen molar-refractivity contribution >= 4 is 23.4 Å². The van der Waals surface area contributed by atoms with Crippen LogP contribution in [0.25, 0.3) is 0 Å². The highest BCUT2D eigenvalue weighted by molar-refractivity contribution is 6.18. The minimum atomic E-state index is -1.35. The number of aliphatic hydroxyl groups is 2. The van der Waals surface area contributed by atoms with Gasteiger partial charge in [-0.1, -0.05) is 30.1 Å². The lowest BCUT2D eigenvalue weighted by molar-refractivity contribution is -0.253. The third-order valence-corrected chi connectivity index (χ3v) is 9.07. The number of likely N-dealkylation sites (N-methyl/N-ethyl adjacent to an activating group) is 1. The first kappa shape index (κ1) is 33.1. The second-order valence-electron chi connectivity index (χ2n) is 11.4. The minimum absolute atomic E-state index is 0.0552. The summed E-state index contributed by atoms with van der Waals surface area (Å²) in [4.78, 5) is 20.1. The van der Waals surface area contributed by atoms with Gasteiger partial charge in [-0.3, -0.25) is 0 Å². The van der Waals surface area contributed by atoms with Crippen LogP contribution in [-0.4, -0.2) is 90.3 Å². The molecule has 6 atom stereocenters. The molecule has 1 aromatic carbocycles. The SMILES string of the molecule is C=CCOC12Oc3ccc(O)cc3C3C(CCCCO)C(CCCCO)C=C(C(=NOC)CC1N(C)C(=O)OCCCl)C32. The molecule has 4 rings (SSSR count). The monoisotopic (exact) mass is 620 g/mol. The van der Waals surface area contributed by atoms with Gasteiger partial charge in [0.2, 0.25) is 5.79 Å². The van der Waals surface area contributed by atoms with Gasteiger partial charge in [0.25, 0.3) is 0 Å². The molecule has 0 spiro atoms. The zero-order chi connectivity index (χ0) is 31.0. The molecule has 1 heterocycles. The number of rotatable bonds is 15. The van der Waals surface area contributed by atoms with E-state index in [0.29, 0.717) is 24.3 Å². The maximum atomic E-state index is 13.3. The summed E-state index contributed by atoms with van der Waals surface area (Å²) in [6, 6.07) is 4.44. The first-order valence-electron chi connectivity index (χ1n) is 15.1. The van der Waals surface area contributed by atoms with Crippen molar-refractivity contribution in [1.82, 2.24) is 4.90 Å². The van der Waals surface area contributed by atoms with E-state index in [4.69, 9.17) is 30.6 Å². The van der Waals surface area contributed by atoms with Gasteiger partial charge in [0.1, 0.15) is 31.3 Å². The van der Waals surface area contributed by atoms with Gasteiger partial charge in [-0.25, -0.2) is 4.79 Å². The first-order valence-corrected chi connectivity index (χ1v) is 15.7. The van der Waals surface area contributed by atoms with Gasteiger partial charge in [0.15, 0.2) is 0 Å². The van der Waals surface area contributed by atoms with Gasteiger partial charge < -0.3 is 39.3 Å². The van der Waals surface area contributed by atoms with E-state index in [0.717, 1.165) is 36.8 Å². The van der Waals surface area contributed by atoms with E-state index < -0.39 is 23.8 Å². The number of phenolic OH excluding ortho intramolecular Hbond substituents is 1. The molecule has 0 saturated heterocycles. The van der Waals surface area contributed by atoms with Gasteiger partial charge in [-0.15, -0.1) is 18.2 Å². The molecule has 2 aliphatic carbocycles. The van der Waals surface area contributed by atoms with Crippen molar-refractivity contribution in [2.75, 3.05) is 46.5 Å². The van der Waals surface area contributed by atoms with E-state index in [1.165, 1.54) is 12.0 Å². The lowest BCUT2D eigenvalue weighted by Crippen LogP contribution is -2.69. The molecule has 43 heavy (non-hydrogen) atoms. The van der Waals surface area contributed by atoms with Crippen molar-refractivity contribution < 1.29 is 39.2 Å². The second kappa shape index (κ2) is 15.3. The standard InChI is InChI=1S/C32H45ClN2O8/c1-4-16-42-32-28(35(2)31(39)41-17-13-33)20-26(34-40-3)24-18-21(9-5-7-14-36)23(10-6-8-15-37)29(30(24)32)25-19-22(38)11-12-27(25)43-32/h4,11-12,18-19,21,23,28-30,36-38H,1,5-10,13-17,20H2,2-3H3. The van der Waals surface area contributed by atoms with E-state index in [1.807, 2.05) is 0 Å². The van der Waals surface area contributed by atoms with Crippen LogP contribution in [-0.2, 0) is 14.3 Å². The van der Waals surface area contributed by atoms with Crippen LogP contribution in [0.15, 0.2) is 47.7 Å². The summed E-state index contributed by atoms with van der Waals surface area (Å²) < 4.78 is 19.0. The number of phenols is 1. The molecule has 1 aromatic rings. The molecule has 0 bridgehead atoms. The van der Waals surface area contributed by atoms with Crippen molar-refractivity contribution in [3.8, 4) is 11.5 Å². The number of amides is 1. The summed E-state index contributed by atoms with van der Waals surface area (Å²) in [5, 5.41) is 34.3. The van der Waals surface area contributed by atoms with Crippen molar-refractivity contribution in [3.63, 3.8) is 0 Å². The molecule has 238 valence electrons. The van der Waals surface area contributed by atoms with E-state index >= 15 is 0 Å². The second-order valence-corrected chi connectivity index (χ2v) is 11.8. The molecule has 1 amide bonds. The third kappa shape index (κ3) is 6.82. The summed E-state index contributed by atoms with van der Waals surface area (Å²) in [7, 11) is 3.15. The van der Waals surface area contributed by atoms with Crippen LogP contribution in [0.3, 0.4) is 0 Å². The number of fused-ring (bicyclic) bond motifs is 2. The summed E-state index contributed by atoms with van der Waals surface area (Å²) in [6.45, 7) is 4.32. The average Bonchev–Trinajstić information content (AvgIpc) is 3.01. The number of aromatic hydroxyl groups is 1. The Hall–Kier alpha value is -2.79. The molecule has 0 radical (unpaired) electrons. The van der Waals surface area contributed by atoms with Crippen LogP contribution in [0, 0.1) is 17.8 Å². The van der Waals surface area contributed by atoms with E-state index in [1.54, 1.807) is 31.3 Å². The number of hydrogen-bond acceptors (Lipinski definition) is 9. The normalized spacial score (nSPS) is 28.3. The Balaban J connectivity index is 1.96. The van der Waals surface area contributed by atoms with Gasteiger partial charge >= 0.3 is 6.09 Å². The van der Waals surface area contributed by atoms with Gasteiger partial charge in [0, 0.05) is 38.2 Å². The van der Waals surface area contributed by atoms with Crippen molar-refractivity contribution in [2.24, 2.45) is 22.9 Å². The Morgan fingerprint density at radius 3 is 2.65 bits per heavy atom. The summed E-state index contributed by atoms with van der Waals surface area (Å²) in [5.74, 6) is -0.878. The molecule has 1 fully saturated rings. The number of alkyl halides is 1. The quantitative estimate of drug-likeness (QED) is 0.109. The first-order chi connectivity index (χ1) is 20.9. The molecule has 0 aromatic heterocycles. The molecule has 3 N–H and O–H groups in total. The van der Waals surface area contributed by atoms with E-state index in [9.17, 15) is 20.1 Å².